The molecule has 0 amide bonds. The Bertz CT molecular complexity index is 328. The average molecular weight is 236 g/mol. The summed E-state index contributed by atoms with van der Waals surface area (Å²) in [6.45, 7) is 3.06. The van der Waals surface area contributed by atoms with Crippen LogP contribution < -0.4 is 5.32 Å². The summed E-state index contributed by atoms with van der Waals surface area (Å²) in [6, 6.07) is 2.89. The Morgan fingerprint density at radius 3 is 2.88 bits per heavy atom. The van der Waals surface area contributed by atoms with Crippen LogP contribution in [-0.4, -0.2) is 40.9 Å². The maximum Gasteiger partial charge on any atom is 0.0762 e. The molecule has 1 fully saturated rings. The van der Waals surface area contributed by atoms with Gasteiger partial charge >= 0.3 is 0 Å². The largest absolute Gasteiger partial charge is 0.310 e. The molecular formula is C13H24N4. The molecule has 1 heterocycles. The average Bonchev–Trinajstić information content (AvgIpc) is 2.95. The van der Waals surface area contributed by atoms with Gasteiger partial charge in [0.25, 0.3) is 0 Å². The second kappa shape index (κ2) is 6.17. The lowest BCUT2D eigenvalue weighted by Gasteiger charge is -2.23. The van der Waals surface area contributed by atoms with Crippen molar-refractivity contribution in [1.82, 2.24) is 20.0 Å². The van der Waals surface area contributed by atoms with E-state index in [2.05, 4.69) is 28.4 Å². The number of hydrogen-bond acceptors (Lipinski definition) is 3. The number of nitrogens with one attached hydrogen (secondary N) is 1. The molecule has 0 aromatic carbocycles. The first kappa shape index (κ1) is 12.6. The van der Waals surface area contributed by atoms with E-state index in [1.165, 1.54) is 25.7 Å². The number of aromatic nitrogens is 2. The molecule has 0 unspecified atom stereocenters. The van der Waals surface area contributed by atoms with Crippen LogP contribution in [0.1, 0.15) is 31.4 Å². The normalized spacial score (nSPS) is 17.1. The molecule has 4 heteroatoms. The summed E-state index contributed by atoms with van der Waals surface area (Å²) >= 11 is 0. The standard InChI is InChI=1S/C13H24N4/c1-16(13-5-3-4-6-13)10-8-14-11-12-7-9-17(2)15-12/h7,9,13-14H,3-6,8,10-11H2,1-2H3. The molecule has 0 saturated heterocycles. The summed E-state index contributed by atoms with van der Waals surface area (Å²) in [5, 5.41) is 7.80. The van der Waals surface area contributed by atoms with Gasteiger partial charge in [-0.3, -0.25) is 4.68 Å². The third-order valence-corrected chi connectivity index (χ3v) is 3.66. The number of nitrogens with zero attached hydrogens (tertiary/aromatic N) is 3. The predicted octanol–water partition coefficient (Wildman–Crippen LogP) is 1.38. The molecule has 17 heavy (non-hydrogen) atoms. The van der Waals surface area contributed by atoms with E-state index in [1.807, 2.05) is 17.9 Å². The fraction of sp³-hybridized carbons (Fsp3) is 0.769. The lowest BCUT2D eigenvalue weighted by molar-refractivity contribution is 0.245. The predicted molar refractivity (Wildman–Crippen MR) is 69.8 cm³/mol. The quantitative estimate of drug-likeness (QED) is 0.758. The van der Waals surface area contributed by atoms with Crippen LogP contribution in [0.3, 0.4) is 0 Å². The highest BCUT2D eigenvalue weighted by Gasteiger charge is 2.18. The molecule has 0 aliphatic heterocycles. The van der Waals surface area contributed by atoms with Gasteiger partial charge in [-0.05, 0) is 26.0 Å². The third-order valence-electron chi connectivity index (χ3n) is 3.66. The van der Waals surface area contributed by atoms with Crippen LogP contribution >= 0.6 is 0 Å². The van der Waals surface area contributed by atoms with Gasteiger partial charge in [-0.25, -0.2) is 0 Å². The first-order valence-electron chi connectivity index (χ1n) is 6.65. The summed E-state index contributed by atoms with van der Waals surface area (Å²) in [4.78, 5) is 2.50. The summed E-state index contributed by atoms with van der Waals surface area (Å²) in [7, 11) is 4.20. The Morgan fingerprint density at radius 1 is 1.47 bits per heavy atom. The monoisotopic (exact) mass is 236 g/mol. The van der Waals surface area contributed by atoms with Crippen LogP contribution in [0, 0.1) is 0 Å². The SMILES string of the molecule is CN(CCNCc1ccn(C)n1)C1CCCC1. The van der Waals surface area contributed by atoms with Gasteiger partial charge in [0.1, 0.15) is 0 Å². The van der Waals surface area contributed by atoms with E-state index < -0.39 is 0 Å². The highest BCUT2D eigenvalue weighted by atomic mass is 15.3. The molecule has 2 rings (SSSR count). The smallest absolute Gasteiger partial charge is 0.0762 e. The van der Waals surface area contributed by atoms with Gasteiger partial charge in [0.2, 0.25) is 0 Å². The molecule has 1 aromatic heterocycles. The molecule has 1 saturated carbocycles. The van der Waals surface area contributed by atoms with E-state index in [4.69, 9.17) is 0 Å². The van der Waals surface area contributed by atoms with Crippen molar-refractivity contribution in [3.8, 4) is 0 Å². The van der Waals surface area contributed by atoms with Crippen LogP contribution in [0.4, 0.5) is 0 Å². The lowest BCUT2D eigenvalue weighted by atomic mass is 10.2. The van der Waals surface area contributed by atoms with Gasteiger partial charge in [0.15, 0.2) is 0 Å². The Kier molecular flexibility index (Phi) is 4.57. The van der Waals surface area contributed by atoms with Crippen molar-refractivity contribution in [3.63, 3.8) is 0 Å². The highest BCUT2D eigenvalue weighted by molar-refractivity contribution is 4.97. The van der Waals surface area contributed by atoms with Gasteiger partial charge < -0.3 is 10.2 Å². The topological polar surface area (TPSA) is 33.1 Å². The molecule has 0 spiro atoms. The van der Waals surface area contributed by atoms with Crippen molar-refractivity contribution < 1.29 is 0 Å². The molecule has 0 bridgehead atoms. The van der Waals surface area contributed by atoms with Gasteiger partial charge in [-0.1, -0.05) is 12.8 Å². The summed E-state index contributed by atoms with van der Waals surface area (Å²) in [6.07, 6.45) is 7.59. The second-order valence-electron chi connectivity index (χ2n) is 5.08. The van der Waals surface area contributed by atoms with Gasteiger partial charge in [-0.15, -0.1) is 0 Å². The van der Waals surface area contributed by atoms with Crippen LogP contribution in [0.15, 0.2) is 12.3 Å². The zero-order valence-corrected chi connectivity index (χ0v) is 11.0. The Labute approximate surface area is 104 Å². The maximum absolute atomic E-state index is 4.35. The number of hydrogen-bond donors (Lipinski definition) is 1. The van der Waals surface area contributed by atoms with Crippen molar-refractivity contribution in [1.29, 1.82) is 0 Å². The van der Waals surface area contributed by atoms with E-state index in [-0.39, 0.29) is 0 Å². The van der Waals surface area contributed by atoms with E-state index in [9.17, 15) is 0 Å². The van der Waals surface area contributed by atoms with Gasteiger partial charge in [0.05, 0.1) is 5.69 Å². The molecule has 96 valence electrons. The van der Waals surface area contributed by atoms with Crippen LogP contribution in [0.25, 0.3) is 0 Å². The molecule has 1 aliphatic rings. The van der Waals surface area contributed by atoms with Gasteiger partial charge in [0, 0.05) is 38.9 Å². The van der Waals surface area contributed by atoms with E-state index in [0.29, 0.717) is 0 Å². The number of rotatable bonds is 6. The van der Waals surface area contributed by atoms with E-state index in [0.717, 1.165) is 31.4 Å². The van der Waals surface area contributed by atoms with Crippen molar-refractivity contribution >= 4 is 0 Å². The fourth-order valence-corrected chi connectivity index (χ4v) is 2.56. The van der Waals surface area contributed by atoms with Crippen molar-refractivity contribution in [3.05, 3.63) is 18.0 Å². The van der Waals surface area contributed by atoms with Crippen molar-refractivity contribution in [2.45, 2.75) is 38.3 Å². The number of likely N-dealkylation sites (N-methyl/N-ethyl adjacent to an activating group) is 1. The number of aryl methyl sites for hydroxylation is 1. The Hall–Kier alpha value is -0.870. The highest BCUT2D eigenvalue weighted by Crippen LogP contribution is 2.21. The van der Waals surface area contributed by atoms with Crippen molar-refractivity contribution in [2.75, 3.05) is 20.1 Å². The molecule has 1 aromatic rings. The van der Waals surface area contributed by atoms with Gasteiger partial charge in [-0.2, -0.15) is 5.10 Å². The molecule has 4 nitrogen and oxygen atoms in total. The summed E-state index contributed by atoms with van der Waals surface area (Å²) < 4.78 is 1.85. The molecule has 0 radical (unpaired) electrons. The van der Waals surface area contributed by atoms with E-state index in [1.54, 1.807) is 0 Å². The first-order valence-corrected chi connectivity index (χ1v) is 6.65. The third kappa shape index (κ3) is 3.82. The van der Waals surface area contributed by atoms with E-state index >= 15 is 0 Å². The summed E-state index contributed by atoms with van der Waals surface area (Å²) in [5.41, 5.74) is 1.12. The Morgan fingerprint density at radius 2 is 2.24 bits per heavy atom. The minimum atomic E-state index is 0.826. The lowest BCUT2D eigenvalue weighted by Crippen LogP contribution is -2.35. The van der Waals surface area contributed by atoms with Crippen molar-refractivity contribution in [2.24, 2.45) is 7.05 Å². The molecule has 1 aliphatic carbocycles. The second-order valence-corrected chi connectivity index (χ2v) is 5.08. The van der Waals surface area contributed by atoms with Crippen LogP contribution in [0.5, 0.6) is 0 Å². The minimum absolute atomic E-state index is 0.826. The fourth-order valence-electron chi connectivity index (χ4n) is 2.56. The molecular weight excluding hydrogens is 212 g/mol. The summed E-state index contributed by atoms with van der Waals surface area (Å²) in [5.74, 6) is 0. The zero-order chi connectivity index (χ0) is 12.1. The Balaban J connectivity index is 1.59. The molecule has 0 atom stereocenters. The van der Waals surface area contributed by atoms with Crippen LogP contribution in [-0.2, 0) is 13.6 Å². The maximum atomic E-state index is 4.35. The zero-order valence-electron chi connectivity index (χ0n) is 11.0. The first-order chi connectivity index (χ1) is 8.25. The molecule has 1 N–H and O–H groups in total. The van der Waals surface area contributed by atoms with Crippen LogP contribution in [0.2, 0.25) is 0 Å². The minimum Gasteiger partial charge on any atom is -0.310 e.